The van der Waals surface area contributed by atoms with Crippen LogP contribution in [0.1, 0.15) is 26.7 Å². The molecule has 9 nitrogen and oxygen atoms in total. The number of carboxylic acids is 1. The number of carbonyl (C=O) groups is 2. The van der Waals surface area contributed by atoms with Gasteiger partial charge in [0.05, 0.1) is 4.92 Å². The Hall–Kier alpha value is -2.45. The maximum absolute atomic E-state index is 11.7. The number of carbonyl (C=O) groups excluding carboxylic acids is 1. The molecule has 1 unspecified atom stereocenters. The van der Waals surface area contributed by atoms with Crippen LogP contribution in [0.2, 0.25) is 0 Å². The van der Waals surface area contributed by atoms with E-state index in [1.807, 2.05) is 13.8 Å². The van der Waals surface area contributed by atoms with Gasteiger partial charge in [-0.2, -0.15) is 5.10 Å². The van der Waals surface area contributed by atoms with Crippen molar-refractivity contribution in [2.45, 2.75) is 39.3 Å². The molecule has 0 aliphatic heterocycles. The van der Waals surface area contributed by atoms with E-state index in [1.165, 1.54) is 10.9 Å². The molecule has 1 heterocycles. The Morgan fingerprint density at radius 3 is 2.67 bits per heavy atom. The van der Waals surface area contributed by atoms with Gasteiger partial charge in [-0.05, 0) is 12.3 Å². The lowest BCUT2D eigenvalue weighted by Crippen LogP contribution is -2.41. The lowest BCUT2D eigenvalue weighted by atomic mass is 10.0. The first-order chi connectivity index (χ1) is 9.79. The largest absolute Gasteiger partial charge is 0.480 e. The Bertz CT molecular complexity index is 525. The van der Waals surface area contributed by atoms with Gasteiger partial charge >= 0.3 is 11.7 Å². The van der Waals surface area contributed by atoms with Gasteiger partial charge in [0, 0.05) is 13.0 Å². The van der Waals surface area contributed by atoms with E-state index in [0.717, 1.165) is 6.20 Å². The van der Waals surface area contributed by atoms with Gasteiger partial charge in [0.15, 0.2) is 0 Å². The summed E-state index contributed by atoms with van der Waals surface area (Å²) in [5, 5.41) is 25.7. The molecule has 9 heteroatoms. The molecule has 116 valence electrons. The molecule has 1 rings (SSSR count). The normalized spacial score (nSPS) is 12.1. The van der Waals surface area contributed by atoms with Gasteiger partial charge in [-0.15, -0.1) is 0 Å². The zero-order chi connectivity index (χ0) is 16.0. The van der Waals surface area contributed by atoms with Crippen LogP contribution in [0.5, 0.6) is 0 Å². The van der Waals surface area contributed by atoms with Crippen molar-refractivity contribution in [1.82, 2.24) is 15.1 Å². The number of aromatic nitrogens is 2. The van der Waals surface area contributed by atoms with Crippen molar-refractivity contribution in [3.05, 3.63) is 22.5 Å². The highest BCUT2D eigenvalue weighted by Crippen LogP contribution is 2.08. The molecule has 0 spiro atoms. The number of rotatable bonds is 8. The third-order valence-electron chi connectivity index (χ3n) is 2.74. The molecule has 1 atom stereocenters. The molecule has 21 heavy (non-hydrogen) atoms. The maximum atomic E-state index is 11.7. The van der Waals surface area contributed by atoms with Crippen molar-refractivity contribution in [2.75, 3.05) is 0 Å². The average molecular weight is 298 g/mol. The second-order valence-corrected chi connectivity index (χ2v) is 5.06. The average Bonchev–Trinajstić information content (AvgIpc) is 2.83. The van der Waals surface area contributed by atoms with E-state index in [2.05, 4.69) is 10.4 Å². The van der Waals surface area contributed by atoms with Gasteiger partial charge in [0.1, 0.15) is 18.4 Å². The minimum Gasteiger partial charge on any atom is -0.480 e. The maximum Gasteiger partial charge on any atom is 0.326 e. The molecule has 0 saturated heterocycles. The minimum absolute atomic E-state index is 0.000704. The van der Waals surface area contributed by atoms with E-state index < -0.39 is 22.8 Å². The van der Waals surface area contributed by atoms with Crippen LogP contribution in [0.25, 0.3) is 0 Å². The Morgan fingerprint density at radius 2 is 2.19 bits per heavy atom. The summed E-state index contributed by atoms with van der Waals surface area (Å²) < 4.78 is 1.27. The predicted molar refractivity (Wildman–Crippen MR) is 72.5 cm³/mol. The summed E-state index contributed by atoms with van der Waals surface area (Å²) in [6.07, 6.45) is 2.65. The number of aliphatic carboxylic acids is 1. The van der Waals surface area contributed by atoms with Gasteiger partial charge in [-0.25, -0.2) is 4.79 Å². The first-order valence-corrected chi connectivity index (χ1v) is 6.48. The smallest absolute Gasteiger partial charge is 0.326 e. The number of carboxylic acid groups (broad SMARTS) is 1. The molecule has 0 saturated carbocycles. The molecule has 1 aromatic rings. The summed E-state index contributed by atoms with van der Waals surface area (Å²) >= 11 is 0. The van der Waals surface area contributed by atoms with Crippen LogP contribution in [0.4, 0.5) is 5.69 Å². The lowest BCUT2D eigenvalue weighted by Gasteiger charge is -2.16. The van der Waals surface area contributed by atoms with E-state index in [0.29, 0.717) is 6.42 Å². The fourth-order valence-corrected chi connectivity index (χ4v) is 1.74. The van der Waals surface area contributed by atoms with Crippen LogP contribution in [0, 0.1) is 16.0 Å². The number of nitrogens with zero attached hydrogens (tertiary/aromatic N) is 3. The standard InChI is InChI=1S/C12H18N4O5/c1-8(2)5-10(12(18)19)14-11(17)3-4-15-7-9(6-13-15)16(20)21/h6-8,10H,3-5H2,1-2H3,(H,14,17)(H,18,19). The van der Waals surface area contributed by atoms with Crippen molar-refractivity contribution in [3.8, 4) is 0 Å². The molecule has 0 radical (unpaired) electrons. The van der Waals surface area contributed by atoms with E-state index in [-0.39, 0.29) is 24.6 Å². The summed E-state index contributed by atoms with van der Waals surface area (Å²) in [4.78, 5) is 32.6. The van der Waals surface area contributed by atoms with Crippen LogP contribution in [-0.2, 0) is 16.1 Å². The molecule has 1 amide bonds. The molecule has 1 aromatic heterocycles. The highest BCUT2D eigenvalue weighted by atomic mass is 16.6. The second-order valence-electron chi connectivity index (χ2n) is 5.06. The Balaban J connectivity index is 2.48. The topological polar surface area (TPSA) is 127 Å². The van der Waals surface area contributed by atoms with Gasteiger partial charge < -0.3 is 10.4 Å². The first-order valence-electron chi connectivity index (χ1n) is 6.48. The number of hydrogen-bond acceptors (Lipinski definition) is 5. The van der Waals surface area contributed by atoms with Crippen molar-refractivity contribution in [1.29, 1.82) is 0 Å². The van der Waals surface area contributed by atoms with E-state index in [9.17, 15) is 19.7 Å². The molecule has 0 fully saturated rings. The summed E-state index contributed by atoms with van der Waals surface area (Å²) in [5.41, 5.74) is -0.154. The lowest BCUT2D eigenvalue weighted by molar-refractivity contribution is -0.385. The molecule has 2 N–H and O–H groups in total. The summed E-state index contributed by atoms with van der Waals surface area (Å²) in [6.45, 7) is 3.88. The summed E-state index contributed by atoms with van der Waals surface area (Å²) in [7, 11) is 0. The summed E-state index contributed by atoms with van der Waals surface area (Å²) in [6, 6.07) is -0.926. The highest BCUT2D eigenvalue weighted by molar-refractivity contribution is 5.83. The second kappa shape index (κ2) is 7.36. The monoisotopic (exact) mass is 298 g/mol. The molecule has 0 bridgehead atoms. The van der Waals surface area contributed by atoms with Gasteiger partial charge in [-0.3, -0.25) is 19.6 Å². The SMILES string of the molecule is CC(C)CC(NC(=O)CCn1cc([N+](=O)[O-])cn1)C(=O)O. The molecular weight excluding hydrogens is 280 g/mol. The fraction of sp³-hybridized carbons (Fsp3) is 0.583. The zero-order valence-corrected chi connectivity index (χ0v) is 11.9. The fourth-order valence-electron chi connectivity index (χ4n) is 1.74. The van der Waals surface area contributed by atoms with Crippen molar-refractivity contribution >= 4 is 17.6 Å². The van der Waals surface area contributed by atoms with Crippen LogP contribution >= 0.6 is 0 Å². The van der Waals surface area contributed by atoms with Crippen molar-refractivity contribution < 1.29 is 19.6 Å². The number of nitrogens with one attached hydrogen (secondary N) is 1. The van der Waals surface area contributed by atoms with Crippen LogP contribution in [0.3, 0.4) is 0 Å². The Kier molecular flexibility index (Phi) is 5.82. The number of hydrogen-bond donors (Lipinski definition) is 2. The quantitative estimate of drug-likeness (QED) is 0.539. The first kappa shape index (κ1) is 16.6. The van der Waals surface area contributed by atoms with Crippen molar-refractivity contribution in [2.24, 2.45) is 5.92 Å². The third-order valence-corrected chi connectivity index (χ3v) is 2.74. The van der Waals surface area contributed by atoms with Gasteiger partial charge in [0.25, 0.3) is 0 Å². The molecule has 0 aliphatic carbocycles. The number of amides is 1. The Labute approximate surface area is 121 Å². The number of nitro groups is 1. The van der Waals surface area contributed by atoms with Crippen LogP contribution in [0.15, 0.2) is 12.4 Å². The van der Waals surface area contributed by atoms with Crippen LogP contribution < -0.4 is 5.32 Å². The third kappa shape index (κ3) is 5.59. The van der Waals surface area contributed by atoms with E-state index >= 15 is 0 Å². The van der Waals surface area contributed by atoms with E-state index in [1.54, 1.807) is 0 Å². The van der Waals surface area contributed by atoms with E-state index in [4.69, 9.17) is 5.11 Å². The number of aryl methyl sites for hydroxylation is 1. The van der Waals surface area contributed by atoms with Gasteiger partial charge in [0.2, 0.25) is 5.91 Å². The Morgan fingerprint density at radius 1 is 1.52 bits per heavy atom. The minimum atomic E-state index is -1.08. The molecular formula is C12H18N4O5. The highest BCUT2D eigenvalue weighted by Gasteiger charge is 2.21. The zero-order valence-electron chi connectivity index (χ0n) is 11.9. The van der Waals surface area contributed by atoms with Gasteiger partial charge in [-0.1, -0.05) is 13.8 Å². The predicted octanol–water partition coefficient (Wildman–Crippen LogP) is 0.797. The summed E-state index contributed by atoms with van der Waals surface area (Å²) in [5.74, 6) is -1.37. The van der Waals surface area contributed by atoms with Crippen molar-refractivity contribution in [3.63, 3.8) is 0 Å². The molecule has 0 aliphatic rings. The van der Waals surface area contributed by atoms with Crippen LogP contribution in [-0.4, -0.2) is 37.7 Å². The molecule has 0 aromatic carbocycles.